The Balaban J connectivity index is 0.000000550. The lowest BCUT2D eigenvalue weighted by molar-refractivity contribution is -0.113. The molecule has 2 atom stereocenters. The minimum atomic E-state index is -0.836. The van der Waals surface area contributed by atoms with Crippen LogP contribution in [0.15, 0.2) is 11.0 Å². The molecule has 1 aliphatic heterocycles. The van der Waals surface area contributed by atoms with Crippen molar-refractivity contribution in [2.75, 3.05) is 6.79 Å². The predicted molar refractivity (Wildman–Crippen MR) is 66.5 cm³/mol. The molecule has 1 aromatic rings. The Hall–Kier alpha value is -1.10. The standard InChI is InChI=1S/C9H12N2O4S.CH4O2/c12-4-5-3-11(9(14)10-8(5)16)6-1-2-7(13)15-6;2-1-3/h3,6-7,12-13H,1-2,4H2,(H,10,14,16);2-3H,1H2/t6?,7-;/m0./s1. The fourth-order valence-electron chi connectivity index (χ4n) is 1.66. The van der Waals surface area contributed by atoms with Gasteiger partial charge in [0.25, 0.3) is 0 Å². The summed E-state index contributed by atoms with van der Waals surface area (Å²) in [6.07, 6.45) is 1.17. The van der Waals surface area contributed by atoms with E-state index in [0.29, 0.717) is 18.4 Å². The van der Waals surface area contributed by atoms with Gasteiger partial charge in [0, 0.05) is 18.2 Å². The van der Waals surface area contributed by atoms with E-state index in [0.717, 1.165) is 0 Å². The van der Waals surface area contributed by atoms with Crippen molar-refractivity contribution in [3.05, 3.63) is 26.9 Å². The predicted octanol–water partition coefficient (Wildman–Crippen LogP) is -1.05. The lowest BCUT2D eigenvalue weighted by atomic mass is 10.3. The third-order valence-electron chi connectivity index (χ3n) is 2.50. The molecule has 0 saturated carbocycles. The highest BCUT2D eigenvalue weighted by Gasteiger charge is 2.25. The first-order valence-corrected chi connectivity index (χ1v) is 5.94. The van der Waals surface area contributed by atoms with Crippen molar-refractivity contribution >= 4 is 12.2 Å². The summed E-state index contributed by atoms with van der Waals surface area (Å²) in [5.41, 5.74) is 0.0564. The molecule has 1 unspecified atom stereocenters. The molecule has 2 heterocycles. The summed E-state index contributed by atoms with van der Waals surface area (Å²) in [7, 11) is 0. The van der Waals surface area contributed by atoms with Gasteiger partial charge in [-0.3, -0.25) is 9.55 Å². The molecule has 5 N–H and O–H groups in total. The molecular formula is C10H16N2O6S. The highest BCUT2D eigenvalue weighted by Crippen LogP contribution is 2.25. The first-order valence-electron chi connectivity index (χ1n) is 5.54. The number of aliphatic hydroxyl groups excluding tert-OH is 3. The van der Waals surface area contributed by atoms with Gasteiger partial charge in [-0.2, -0.15) is 0 Å². The van der Waals surface area contributed by atoms with Gasteiger partial charge in [0.05, 0.1) is 6.61 Å². The molecule has 0 aliphatic carbocycles. The zero-order chi connectivity index (χ0) is 14.4. The van der Waals surface area contributed by atoms with E-state index >= 15 is 0 Å². The zero-order valence-corrected chi connectivity index (χ0v) is 10.8. The van der Waals surface area contributed by atoms with Crippen LogP contribution in [0.3, 0.4) is 0 Å². The Morgan fingerprint density at radius 2 is 2.05 bits per heavy atom. The Labute approximate surface area is 113 Å². The lowest BCUT2D eigenvalue weighted by Crippen LogP contribution is -2.27. The number of H-pyrrole nitrogens is 1. The Kier molecular flexibility index (Phi) is 6.28. The number of ether oxygens (including phenoxy) is 1. The van der Waals surface area contributed by atoms with Crippen LogP contribution in [-0.4, -0.2) is 43.1 Å². The molecule has 1 aromatic heterocycles. The average Bonchev–Trinajstić information content (AvgIpc) is 2.77. The molecule has 2 rings (SSSR count). The second-order valence-electron chi connectivity index (χ2n) is 3.74. The molecule has 0 radical (unpaired) electrons. The molecule has 108 valence electrons. The fraction of sp³-hybridized carbons (Fsp3) is 0.600. The Bertz CT molecular complexity index is 513. The molecule has 1 aliphatic rings. The van der Waals surface area contributed by atoms with Crippen LogP contribution >= 0.6 is 12.2 Å². The summed E-state index contributed by atoms with van der Waals surface area (Å²) in [4.78, 5) is 14.0. The summed E-state index contributed by atoms with van der Waals surface area (Å²) in [6.45, 7) is -0.995. The lowest BCUT2D eigenvalue weighted by Gasteiger charge is -2.14. The van der Waals surface area contributed by atoms with Crippen LogP contribution in [0.4, 0.5) is 0 Å². The van der Waals surface area contributed by atoms with Gasteiger partial charge in [-0.25, -0.2) is 4.79 Å². The van der Waals surface area contributed by atoms with E-state index in [1.807, 2.05) is 0 Å². The van der Waals surface area contributed by atoms with E-state index in [4.69, 9.17) is 32.3 Å². The molecule has 1 fully saturated rings. The molecule has 19 heavy (non-hydrogen) atoms. The summed E-state index contributed by atoms with van der Waals surface area (Å²) < 4.78 is 6.68. The van der Waals surface area contributed by atoms with Gasteiger partial charge in [-0.15, -0.1) is 0 Å². The zero-order valence-electron chi connectivity index (χ0n) is 10.0. The van der Waals surface area contributed by atoms with Gasteiger partial charge in [0.1, 0.15) is 17.7 Å². The topological polar surface area (TPSA) is 128 Å². The molecule has 0 bridgehead atoms. The SMILES string of the molecule is O=c1[nH]c(=S)c(CO)cn1C1CC[C@@H](O)O1.OCO. The minimum absolute atomic E-state index is 0.224. The monoisotopic (exact) mass is 292 g/mol. The van der Waals surface area contributed by atoms with E-state index in [-0.39, 0.29) is 11.2 Å². The van der Waals surface area contributed by atoms with Crippen molar-refractivity contribution in [2.24, 2.45) is 0 Å². The van der Waals surface area contributed by atoms with Gasteiger partial charge in [-0.05, 0) is 6.42 Å². The van der Waals surface area contributed by atoms with Gasteiger partial charge in [0.2, 0.25) is 0 Å². The van der Waals surface area contributed by atoms with E-state index in [9.17, 15) is 9.90 Å². The van der Waals surface area contributed by atoms with Crippen LogP contribution in [0.1, 0.15) is 24.6 Å². The quantitative estimate of drug-likeness (QED) is 0.348. The number of hydrogen-bond acceptors (Lipinski definition) is 7. The Morgan fingerprint density at radius 1 is 1.42 bits per heavy atom. The second kappa shape index (κ2) is 7.48. The Morgan fingerprint density at radius 3 is 2.53 bits per heavy atom. The van der Waals surface area contributed by atoms with E-state index in [2.05, 4.69) is 4.98 Å². The van der Waals surface area contributed by atoms with E-state index in [1.165, 1.54) is 10.8 Å². The molecule has 9 heteroatoms. The summed E-state index contributed by atoms with van der Waals surface area (Å²) in [5, 5.41) is 32.5. The highest BCUT2D eigenvalue weighted by molar-refractivity contribution is 7.71. The van der Waals surface area contributed by atoms with Crippen molar-refractivity contribution in [3.8, 4) is 0 Å². The minimum Gasteiger partial charge on any atom is -0.392 e. The van der Waals surface area contributed by atoms with Crippen molar-refractivity contribution in [1.29, 1.82) is 0 Å². The number of aliphatic hydroxyl groups is 4. The average molecular weight is 292 g/mol. The number of nitrogens with one attached hydrogen (secondary N) is 1. The van der Waals surface area contributed by atoms with Gasteiger partial charge in [0.15, 0.2) is 6.29 Å². The maximum absolute atomic E-state index is 11.6. The van der Waals surface area contributed by atoms with Gasteiger partial charge >= 0.3 is 5.69 Å². The van der Waals surface area contributed by atoms with Crippen LogP contribution in [0.5, 0.6) is 0 Å². The normalized spacial score (nSPS) is 21.9. The number of rotatable bonds is 2. The van der Waals surface area contributed by atoms with E-state index < -0.39 is 25.0 Å². The fourth-order valence-corrected chi connectivity index (χ4v) is 1.87. The van der Waals surface area contributed by atoms with Crippen LogP contribution in [0.25, 0.3) is 0 Å². The first kappa shape index (κ1) is 16.0. The van der Waals surface area contributed by atoms with Crippen molar-refractivity contribution < 1.29 is 25.2 Å². The number of aromatic amines is 1. The molecule has 1 saturated heterocycles. The second-order valence-corrected chi connectivity index (χ2v) is 4.15. The number of hydrogen-bond donors (Lipinski definition) is 5. The molecule has 0 spiro atoms. The molecule has 8 nitrogen and oxygen atoms in total. The van der Waals surface area contributed by atoms with Crippen LogP contribution in [-0.2, 0) is 11.3 Å². The first-order chi connectivity index (χ1) is 9.03. The summed E-state index contributed by atoms with van der Waals surface area (Å²) >= 11 is 4.88. The maximum Gasteiger partial charge on any atom is 0.328 e. The third-order valence-corrected chi connectivity index (χ3v) is 2.86. The van der Waals surface area contributed by atoms with Crippen molar-refractivity contribution in [2.45, 2.75) is 32.0 Å². The summed E-state index contributed by atoms with van der Waals surface area (Å²) in [5.74, 6) is 0. The molecule has 0 aromatic carbocycles. The van der Waals surface area contributed by atoms with Crippen LogP contribution < -0.4 is 5.69 Å². The smallest absolute Gasteiger partial charge is 0.328 e. The van der Waals surface area contributed by atoms with Crippen LogP contribution in [0, 0.1) is 4.64 Å². The highest BCUT2D eigenvalue weighted by atomic mass is 32.1. The largest absolute Gasteiger partial charge is 0.392 e. The molecule has 0 amide bonds. The molecular weight excluding hydrogens is 276 g/mol. The maximum atomic E-state index is 11.6. The number of aromatic nitrogens is 2. The van der Waals surface area contributed by atoms with Gasteiger partial charge < -0.3 is 25.2 Å². The van der Waals surface area contributed by atoms with E-state index in [1.54, 1.807) is 0 Å². The number of nitrogens with zero attached hydrogens (tertiary/aromatic N) is 1. The summed E-state index contributed by atoms with van der Waals surface area (Å²) in [6, 6.07) is 0. The van der Waals surface area contributed by atoms with Crippen LogP contribution in [0.2, 0.25) is 0 Å². The third kappa shape index (κ3) is 4.20. The van der Waals surface area contributed by atoms with Crippen molar-refractivity contribution in [1.82, 2.24) is 9.55 Å². The van der Waals surface area contributed by atoms with Crippen molar-refractivity contribution in [3.63, 3.8) is 0 Å². The van der Waals surface area contributed by atoms with Gasteiger partial charge in [-0.1, -0.05) is 12.2 Å².